The Balaban J connectivity index is 1.34. The van der Waals surface area contributed by atoms with Crippen LogP contribution in [0.1, 0.15) is 58.4 Å². The van der Waals surface area contributed by atoms with Crippen molar-refractivity contribution in [2.45, 2.75) is 60.2 Å². The van der Waals surface area contributed by atoms with Gasteiger partial charge in [0.15, 0.2) is 0 Å². The average molecular weight is 608 g/mol. The topological polar surface area (TPSA) is 44.9 Å². The first-order valence-corrected chi connectivity index (χ1v) is 16.1. The molecule has 230 valence electrons. The fourth-order valence-electron chi connectivity index (χ4n) is 6.55. The van der Waals surface area contributed by atoms with Gasteiger partial charge in [-0.15, -0.1) is 0 Å². The van der Waals surface area contributed by atoms with Crippen LogP contribution in [0.3, 0.4) is 0 Å². The van der Waals surface area contributed by atoms with Gasteiger partial charge in [0.1, 0.15) is 17.3 Å². The molecule has 3 aromatic heterocycles. The van der Waals surface area contributed by atoms with Gasteiger partial charge >= 0.3 is 0 Å². The lowest BCUT2D eigenvalue weighted by Crippen LogP contribution is -2.02. The van der Waals surface area contributed by atoms with E-state index in [0.717, 1.165) is 92.8 Å². The summed E-state index contributed by atoms with van der Waals surface area (Å²) in [6, 6.07) is 32.2. The van der Waals surface area contributed by atoms with Crippen molar-refractivity contribution < 1.29 is 8.85 Å². The summed E-state index contributed by atoms with van der Waals surface area (Å²) in [6.07, 6.45) is 6.16. The Kier molecular flexibility index (Phi) is 6.99. The standard InChI is InChI=1S/C41H40N4O/c1-6-7-9-12-31-23-33(45-30(5)41(29(4)43-45)32-13-10-8-11-14-32)25-35(24-31)46-34-16-17-36-37-21-27(2)15-18-38(37)44(39(36)26-34)40-22-28(3)19-20-42-40/h8,10-11,13-26H,6-7,9,12H2,1-5H3/i2D3. The maximum Gasteiger partial charge on any atom is 0.137 e. The molecule has 4 aromatic carbocycles. The first-order valence-electron chi connectivity index (χ1n) is 17.6. The Morgan fingerprint density at radius 3 is 2.43 bits per heavy atom. The molecule has 3 heterocycles. The second-order valence-corrected chi connectivity index (χ2v) is 12.2. The molecule has 7 rings (SSSR count). The van der Waals surface area contributed by atoms with Crippen molar-refractivity contribution in [3.63, 3.8) is 0 Å². The summed E-state index contributed by atoms with van der Waals surface area (Å²) in [5.41, 5.74) is 9.68. The van der Waals surface area contributed by atoms with E-state index < -0.39 is 6.85 Å². The van der Waals surface area contributed by atoms with Gasteiger partial charge < -0.3 is 4.74 Å². The highest BCUT2D eigenvalue weighted by atomic mass is 16.5. The number of aromatic nitrogens is 4. The molecule has 0 aliphatic rings. The highest BCUT2D eigenvalue weighted by molar-refractivity contribution is 6.09. The molecular formula is C41H40N4O. The van der Waals surface area contributed by atoms with Gasteiger partial charge in [-0.3, -0.25) is 4.57 Å². The number of aryl methyl sites for hydroxylation is 4. The van der Waals surface area contributed by atoms with Crippen LogP contribution in [0.25, 0.3) is 44.4 Å². The number of benzene rings is 4. The van der Waals surface area contributed by atoms with E-state index in [4.69, 9.17) is 18.9 Å². The molecule has 0 amide bonds. The molecule has 0 spiro atoms. The molecule has 0 saturated carbocycles. The molecule has 5 nitrogen and oxygen atoms in total. The van der Waals surface area contributed by atoms with Crippen LogP contribution in [0.5, 0.6) is 11.5 Å². The van der Waals surface area contributed by atoms with E-state index in [0.29, 0.717) is 11.3 Å². The molecule has 5 heteroatoms. The lowest BCUT2D eigenvalue weighted by molar-refractivity contribution is 0.482. The second kappa shape index (κ2) is 12.3. The zero-order valence-electron chi connectivity index (χ0n) is 29.8. The summed E-state index contributed by atoms with van der Waals surface area (Å²) in [7, 11) is 0. The number of hydrogen-bond donors (Lipinski definition) is 0. The van der Waals surface area contributed by atoms with Crippen LogP contribution >= 0.6 is 0 Å². The molecule has 7 aromatic rings. The molecule has 0 atom stereocenters. The van der Waals surface area contributed by atoms with E-state index in [-0.39, 0.29) is 0 Å². The highest BCUT2D eigenvalue weighted by Crippen LogP contribution is 2.37. The summed E-state index contributed by atoms with van der Waals surface area (Å²) in [4.78, 5) is 4.70. The van der Waals surface area contributed by atoms with Crippen LogP contribution in [0.4, 0.5) is 0 Å². The SMILES string of the molecule is [2H]C([2H])([2H])c1ccc2c(c1)c1ccc(Oc3cc(CCCCC)cc(-n4nc(C)c(-c5ccccc5)c4C)c3)cc1n2-c1cc(C)ccn1. The van der Waals surface area contributed by atoms with Crippen LogP contribution < -0.4 is 4.74 Å². The van der Waals surface area contributed by atoms with Gasteiger partial charge in [-0.2, -0.15) is 5.10 Å². The Labute approximate surface area is 275 Å². The molecular weight excluding hydrogens is 564 g/mol. The van der Waals surface area contributed by atoms with Crippen molar-refractivity contribution in [2.24, 2.45) is 0 Å². The highest BCUT2D eigenvalue weighted by Gasteiger charge is 2.18. The summed E-state index contributed by atoms with van der Waals surface area (Å²) >= 11 is 0. The maximum absolute atomic E-state index is 8.02. The van der Waals surface area contributed by atoms with Crippen molar-refractivity contribution in [3.05, 3.63) is 131 Å². The van der Waals surface area contributed by atoms with Crippen LogP contribution in [-0.2, 0) is 6.42 Å². The van der Waals surface area contributed by atoms with E-state index in [9.17, 15) is 0 Å². The maximum atomic E-state index is 8.02. The third-order valence-corrected chi connectivity index (χ3v) is 8.72. The molecule has 0 N–H and O–H groups in total. The normalized spacial score (nSPS) is 12.7. The molecule has 0 aliphatic heterocycles. The van der Waals surface area contributed by atoms with Crippen LogP contribution in [0.2, 0.25) is 0 Å². The van der Waals surface area contributed by atoms with Gasteiger partial charge in [-0.05, 0) is 106 Å². The fraction of sp³-hybridized carbons (Fsp3) is 0.220. The Morgan fingerprint density at radius 1 is 0.761 bits per heavy atom. The minimum Gasteiger partial charge on any atom is -0.457 e. The van der Waals surface area contributed by atoms with E-state index in [1.807, 2.05) is 54.1 Å². The predicted molar refractivity (Wildman–Crippen MR) is 190 cm³/mol. The Bertz CT molecular complexity index is 2300. The number of hydrogen-bond acceptors (Lipinski definition) is 3. The third kappa shape index (κ3) is 5.58. The van der Waals surface area contributed by atoms with Gasteiger partial charge in [0.05, 0.1) is 22.4 Å². The molecule has 0 fully saturated rings. The van der Waals surface area contributed by atoms with Crippen molar-refractivity contribution in [3.8, 4) is 34.1 Å². The predicted octanol–water partition coefficient (Wildman–Crippen LogP) is 10.8. The minimum absolute atomic E-state index is 0.309. The van der Waals surface area contributed by atoms with Crippen LogP contribution in [0.15, 0.2) is 103 Å². The summed E-state index contributed by atoms with van der Waals surface area (Å²) in [5.74, 6) is 2.17. The summed E-state index contributed by atoms with van der Waals surface area (Å²) in [5, 5.41) is 6.79. The first kappa shape index (κ1) is 26.1. The average Bonchev–Trinajstić information content (AvgIpc) is 3.56. The summed E-state index contributed by atoms with van der Waals surface area (Å²) < 4.78 is 34.9. The molecule has 0 aliphatic carbocycles. The number of unbranched alkanes of at least 4 members (excludes halogenated alkanes) is 2. The Morgan fingerprint density at radius 2 is 1.63 bits per heavy atom. The van der Waals surface area contributed by atoms with Crippen molar-refractivity contribution >= 4 is 21.8 Å². The molecule has 0 saturated heterocycles. The van der Waals surface area contributed by atoms with Gasteiger partial charge in [0.2, 0.25) is 0 Å². The second-order valence-electron chi connectivity index (χ2n) is 12.2. The molecule has 46 heavy (non-hydrogen) atoms. The molecule has 0 unspecified atom stereocenters. The molecule has 0 radical (unpaired) electrons. The number of ether oxygens (including phenoxy) is 1. The lowest BCUT2D eigenvalue weighted by Gasteiger charge is -2.13. The van der Waals surface area contributed by atoms with Crippen molar-refractivity contribution in [2.75, 3.05) is 0 Å². The van der Waals surface area contributed by atoms with E-state index >= 15 is 0 Å². The van der Waals surface area contributed by atoms with Crippen LogP contribution in [-0.4, -0.2) is 19.3 Å². The Hall–Kier alpha value is -5.16. The van der Waals surface area contributed by atoms with E-state index in [1.165, 1.54) is 5.56 Å². The van der Waals surface area contributed by atoms with Gasteiger partial charge in [-0.1, -0.05) is 61.7 Å². The monoisotopic (exact) mass is 607 g/mol. The molecule has 0 bridgehead atoms. The van der Waals surface area contributed by atoms with Gasteiger partial charge in [0.25, 0.3) is 0 Å². The van der Waals surface area contributed by atoms with E-state index in [1.54, 1.807) is 18.3 Å². The number of rotatable bonds is 9. The quantitative estimate of drug-likeness (QED) is 0.153. The van der Waals surface area contributed by atoms with Crippen LogP contribution in [0, 0.1) is 27.6 Å². The number of pyridine rings is 1. The number of fused-ring (bicyclic) bond motifs is 3. The minimum atomic E-state index is -2.21. The van der Waals surface area contributed by atoms with Crippen molar-refractivity contribution in [1.82, 2.24) is 19.3 Å². The summed E-state index contributed by atoms with van der Waals surface area (Å²) in [6.45, 7) is 6.23. The van der Waals surface area contributed by atoms with Crippen molar-refractivity contribution in [1.29, 1.82) is 0 Å². The first-order chi connectivity index (χ1) is 23.6. The zero-order valence-corrected chi connectivity index (χ0v) is 26.8. The lowest BCUT2D eigenvalue weighted by atomic mass is 10.0. The van der Waals surface area contributed by atoms with Gasteiger partial charge in [0, 0.05) is 44.5 Å². The largest absolute Gasteiger partial charge is 0.457 e. The fourth-order valence-corrected chi connectivity index (χ4v) is 6.55. The zero-order chi connectivity index (χ0) is 34.3. The van der Waals surface area contributed by atoms with E-state index in [2.05, 4.69) is 67.8 Å². The van der Waals surface area contributed by atoms with Gasteiger partial charge in [-0.25, -0.2) is 9.67 Å². The third-order valence-electron chi connectivity index (χ3n) is 8.72. The number of nitrogens with zero attached hydrogens (tertiary/aromatic N) is 4. The smallest absolute Gasteiger partial charge is 0.137 e.